The van der Waals surface area contributed by atoms with Crippen LogP contribution in [0.15, 0.2) is 42.5 Å². The van der Waals surface area contributed by atoms with Crippen molar-refractivity contribution in [1.29, 1.82) is 0 Å². The molecule has 3 fully saturated rings. The van der Waals surface area contributed by atoms with Gasteiger partial charge in [-0.1, -0.05) is 41.4 Å². The summed E-state index contributed by atoms with van der Waals surface area (Å²) in [5, 5.41) is 5.51. The van der Waals surface area contributed by atoms with Gasteiger partial charge in [-0.3, -0.25) is 0 Å². The number of nitrogens with zero attached hydrogens (tertiary/aromatic N) is 2. The monoisotopic (exact) mass is 394 g/mol. The first-order valence-corrected chi connectivity index (χ1v) is 9.93. The molecular formula is C21H16Cl2N4. The first kappa shape index (κ1) is 15.7. The zero-order chi connectivity index (χ0) is 18.1. The van der Waals surface area contributed by atoms with Gasteiger partial charge in [-0.15, -0.1) is 0 Å². The second-order valence-electron chi connectivity index (χ2n) is 7.59. The van der Waals surface area contributed by atoms with Gasteiger partial charge in [0.1, 0.15) is 16.9 Å². The maximum absolute atomic E-state index is 6.17. The number of H-pyrrole nitrogens is 1. The molecule has 2 aromatic heterocycles. The number of benzene rings is 2. The molecule has 3 aliphatic carbocycles. The number of hydrogen-bond acceptors (Lipinski definition) is 3. The van der Waals surface area contributed by atoms with Crippen LogP contribution >= 0.6 is 23.2 Å². The molecule has 2 heterocycles. The molecule has 0 aliphatic heterocycles. The maximum atomic E-state index is 6.17. The molecule has 4 nitrogen and oxygen atoms in total. The minimum atomic E-state index is 0.513. The minimum absolute atomic E-state index is 0.513. The van der Waals surface area contributed by atoms with E-state index in [1.54, 1.807) is 6.07 Å². The molecule has 2 bridgehead atoms. The quantitative estimate of drug-likeness (QED) is 0.429. The summed E-state index contributed by atoms with van der Waals surface area (Å²) in [7, 11) is 0. The van der Waals surface area contributed by atoms with E-state index >= 15 is 0 Å². The molecule has 3 saturated carbocycles. The normalized spacial score (nSPS) is 23.3. The molecule has 2 aromatic carbocycles. The summed E-state index contributed by atoms with van der Waals surface area (Å²) < 4.78 is 0. The fourth-order valence-electron chi connectivity index (χ4n) is 4.40. The van der Waals surface area contributed by atoms with Gasteiger partial charge in [0, 0.05) is 17.0 Å². The fraction of sp³-hybridized carbons (Fsp3) is 0.238. The smallest absolute Gasteiger partial charge is 0.157 e. The van der Waals surface area contributed by atoms with E-state index in [2.05, 4.69) is 16.4 Å². The van der Waals surface area contributed by atoms with Crippen LogP contribution in [-0.2, 0) is 0 Å². The van der Waals surface area contributed by atoms with Gasteiger partial charge in [0.25, 0.3) is 0 Å². The van der Waals surface area contributed by atoms with Crippen LogP contribution < -0.4 is 5.32 Å². The first-order valence-electron chi connectivity index (χ1n) is 9.18. The van der Waals surface area contributed by atoms with E-state index in [9.17, 15) is 0 Å². The third kappa shape index (κ3) is 2.30. The number of halogens is 2. The Hall–Kier alpha value is -2.30. The van der Waals surface area contributed by atoms with Crippen molar-refractivity contribution in [2.75, 3.05) is 5.32 Å². The Morgan fingerprint density at radius 2 is 1.78 bits per heavy atom. The van der Waals surface area contributed by atoms with E-state index < -0.39 is 0 Å². The van der Waals surface area contributed by atoms with Crippen molar-refractivity contribution in [3.8, 4) is 0 Å². The number of pyridine rings is 1. The Labute approximate surface area is 165 Å². The predicted molar refractivity (Wildman–Crippen MR) is 110 cm³/mol. The maximum Gasteiger partial charge on any atom is 0.157 e. The molecule has 0 atom stereocenters. The number of aromatic amines is 1. The van der Waals surface area contributed by atoms with E-state index in [0.717, 1.165) is 51.1 Å². The highest BCUT2D eigenvalue weighted by atomic mass is 35.5. The van der Waals surface area contributed by atoms with Gasteiger partial charge in [-0.25, -0.2) is 9.97 Å². The summed E-state index contributed by atoms with van der Waals surface area (Å²) >= 11 is 12.2. The van der Waals surface area contributed by atoms with Crippen molar-refractivity contribution in [2.24, 2.45) is 11.8 Å². The zero-order valence-electron chi connectivity index (χ0n) is 14.3. The molecule has 134 valence electrons. The van der Waals surface area contributed by atoms with Gasteiger partial charge in [0.05, 0.1) is 15.6 Å². The second kappa shape index (κ2) is 5.60. The Bertz CT molecular complexity index is 1200. The van der Waals surface area contributed by atoms with Crippen molar-refractivity contribution in [3.63, 3.8) is 0 Å². The largest absolute Gasteiger partial charge is 0.339 e. The highest BCUT2D eigenvalue weighted by Gasteiger charge is 2.54. The van der Waals surface area contributed by atoms with E-state index in [0.29, 0.717) is 16.0 Å². The number of imidazole rings is 1. The summed E-state index contributed by atoms with van der Waals surface area (Å²) in [5.41, 5.74) is 3.69. The lowest BCUT2D eigenvalue weighted by Gasteiger charge is -2.57. The predicted octanol–water partition coefficient (Wildman–Crippen LogP) is 6.28. The number of hydrogen-bond donors (Lipinski definition) is 2. The van der Waals surface area contributed by atoms with Crippen molar-refractivity contribution in [1.82, 2.24) is 15.0 Å². The average molecular weight is 395 g/mol. The number of aromatic nitrogens is 3. The molecule has 7 rings (SSSR count). The summed E-state index contributed by atoms with van der Waals surface area (Å²) in [6.07, 6.45) is 2.71. The van der Waals surface area contributed by atoms with Crippen LogP contribution in [0.1, 0.15) is 24.6 Å². The molecule has 0 saturated heterocycles. The number of fused-ring (bicyclic) bond motifs is 3. The molecule has 3 aliphatic rings. The van der Waals surface area contributed by atoms with Crippen molar-refractivity contribution < 1.29 is 0 Å². The van der Waals surface area contributed by atoms with Crippen LogP contribution in [0.3, 0.4) is 0 Å². The lowest BCUT2D eigenvalue weighted by molar-refractivity contribution is -0.0275. The van der Waals surface area contributed by atoms with Crippen molar-refractivity contribution in [3.05, 3.63) is 58.3 Å². The molecule has 6 heteroatoms. The standard InChI is InChI=1S/C21H16Cl2N4/c22-14-6-5-12(9-15(14)23)24-21-19-18(13-3-1-2-4-16(13)25-21)26-20(27-19)17-10-7-11(17)8-10/h1-6,9-11,17H,7-8H2,(H,24,25)(H,26,27). The molecule has 2 N–H and O–H groups in total. The highest BCUT2D eigenvalue weighted by molar-refractivity contribution is 6.42. The van der Waals surface area contributed by atoms with Gasteiger partial charge in [-0.05, 0) is 48.9 Å². The molecule has 0 spiro atoms. The van der Waals surface area contributed by atoms with Gasteiger partial charge in [-0.2, -0.15) is 0 Å². The number of nitrogens with one attached hydrogen (secondary N) is 2. The number of rotatable bonds is 3. The zero-order valence-corrected chi connectivity index (χ0v) is 15.8. The van der Waals surface area contributed by atoms with Crippen molar-refractivity contribution in [2.45, 2.75) is 18.8 Å². The van der Waals surface area contributed by atoms with Crippen LogP contribution in [0.2, 0.25) is 10.0 Å². The molecule has 0 amide bonds. The van der Waals surface area contributed by atoms with E-state index in [1.165, 1.54) is 12.8 Å². The van der Waals surface area contributed by atoms with Crippen LogP contribution in [0.5, 0.6) is 0 Å². The lowest BCUT2D eigenvalue weighted by atomic mass is 9.48. The topological polar surface area (TPSA) is 53.6 Å². The van der Waals surface area contributed by atoms with E-state index in [4.69, 9.17) is 33.2 Å². The Balaban J connectivity index is 1.52. The summed E-state index contributed by atoms with van der Waals surface area (Å²) in [6, 6.07) is 13.6. The highest BCUT2D eigenvalue weighted by Crippen LogP contribution is 2.63. The fourth-order valence-corrected chi connectivity index (χ4v) is 4.70. The lowest BCUT2D eigenvalue weighted by Crippen LogP contribution is -2.48. The summed E-state index contributed by atoms with van der Waals surface area (Å²) in [6.45, 7) is 0. The summed E-state index contributed by atoms with van der Waals surface area (Å²) in [4.78, 5) is 13.4. The minimum Gasteiger partial charge on any atom is -0.339 e. The van der Waals surface area contributed by atoms with Crippen molar-refractivity contribution >= 4 is 56.6 Å². The second-order valence-corrected chi connectivity index (χ2v) is 8.41. The molecule has 0 radical (unpaired) electrons. The van der Waals surface area contributed by atoms with Crippen LogP contribution in [0, 0.1) is 11.8 Å². The third-order valence-corrected chi connectivity index (χ3v) is 6.81. The Morgan fingerprint density at radius 1 is 0.963 bits per heavy atom. The SMILES string of the molecule is Clc1ccc(Nc2nc3ccccc3c3nc(C4C5CC4C5)[nH]c23)cc1Cl. The van der Waals surface area contributed by atoms with Gasteiger partial charge in [0.2, 0.25) is 0 Å². The molecule has 0 unspecified atom stereocenters. The van der Waals surface area contributed by atoms with Crippen LogP contribution in [0.4, 0.5) is 11.5 Å². The Morgan fingerprint density at radius 3 is 2.52 bits per heavy atom. The van der Waals surface area contributed by atoms with Gasteiger partial charge in [0.15, 0.2) is 5.82 Å². The molecular weight excluding hydrogens is 379 g/mol. The van der Waals surface area contributed by atoms with Gasteiger partial charge >= 0.3 is 0 Å². The van der Waals surface area contributed by atoms with E-state index in [-0.39, 0.29) is 0 Å². The summed E-state index contributed by atoms with van der Waals surface area (Å²) in [5.74, 6) is 4.07. The van der Waals surface area contributed by atoms with Gasteiger partial charge < -0.3 is 10.3 Å². The third-order valence-electron chi connectivity index (χ3n) is 6.08. The van der Waals surface area contributed by atoms with E-state index in [1.807, 2.05) is 30.3 Å². The Kier molecular flexibility index (Phi) is 3.26. The first-order chi connectivity index (χ1) is 13.2. The van der Waals surface area contributed by atoms with Crippen LogP contribution in [-0.4, -0.2) is 15.0 Å². The number of para-hydroxylation sites is 1. The number of anilines is 2. The average Bonchev–Trinajstić information content (AvgIpc) is 3.00. The molecule has 27 heavy (non-hydrogen) atoms. The molecule has 4 aromatic rings. The van der Waals surface area contributed by atoms with Crippen LogP contribution in [0.25, 0.3) is 21.9 Å².